The highest BCUT2D eigenvalue weighted by molar-refractivity contribution is 7.93. The molecule has 0 aromatic heterocycles. The zero-order valence-corrected chi connectivity index (χ0v) is 15.3. The van der Waals surface area contributed by atoms with Gasteiger partial charge in [0.05, 0.1) is 16.8 Å². The molecule has 23 heavy (non-hydrogen) atoms. The SMILES string of the molecule is CC(C)Oc1ccc(N(C)S(=O)(=O)c2cc(Cl)ccc2Cl)cc1. The molecule has 7 heteroatoms. The lowest BCUT2D eigenvalue weighted by Crippen LogP contribution is -2.26. The summed E-state index contributed by atoms with van der Waals surface area (Å²) in [5, 5.41) is 0.433. The van der Waals surface area contributed by atoms with Gasteiger partial charge in [-0.3, -0.25) is 4.31 Å². The highest BCUT2D eigenvalue weighted by atomic mass is 35.5. The van der Waals surface area contributed by atoms with Gasteiger partial charge >= 0.3 is 0 Å². The number of hydrogen-bond acceptors (Lipinski definition) is 3. The summed E-state index contributed by atoms with van der Waals surface area (Å²) in [7, 11) is -2.34. The largest absolute Gasteiger partial charge is 0.491 e. The van der Waals surface area contributed by atoms with Crippen LogP contribution in [0.5, 0.6) is 5.75 Å². The van der Waals surface area contributed by atoms with Crippen molar-refractivity contribution in [2.24, 2.45) is 0 Å². The summed E-state index contributed by atoms with van der Waals surface area (Å²) in [6.45, 7) is 3.84. The van der Waals surface area contributed by atoms with Crippen LogP contribution in [-0.2, 0) is 10.0 Å². The van der Waals surface area contributed by atoms with Gasteiger partial charge in [-0.1, -0.05) is 23.2 Å². The Hall–Kier alpha value is -1.43. The van der Waals surface area contributed by atoms with Crippen LogP contribution in [0.25, 0.3) is 0 Å². The van der Waals surface area contributed by atoms with E-state index in [0.717, 1.165) is 4.31 Å². The van der Waals surface area contributed by atoms with E-state index in [9.17, 15) is 8.42 Å². The topological polar surface area (TPSA) is 46.6 Å². The van der Waals surface area contributed by atoms with Crippen molar-refractivity contribution in [2.45, 2.75) is 24.8 Å². The van der Waals surface area contributed by atoms with E-state index in [-0.39, 0.29) is 16.0 Å². The quantitative estimate of drug-likeness (QED) is 0.768. The molecule has 2 rings (SSSR count). The van der Waals surface area contributed by atoms with E-state index < -0.39 is 10.0 Å². The van der Waals surface area contributed by atoms with Gasteiger partial charge < -0.3 is 4.74 Å². The molecule has 0 N–H and O–H groups in total. The maximum Gasteiger partial charge on any atom is 0.265 e. The van der Waals surface area contributed by atoms with Crippen LogP contribution in [0.2, 0.25) is 10.0 Å². The van der Waals surface area contributed by atoms with E-state index in [1.807, 2.05) is 13.8 Å². The van der Waals surface area contributed by atoms with E-state index in [1.165, 1.54) is 19.2 Å². The number of rotatable bonds is 5. The molecule has 0 aliphatic rings. The van der Waals surface area contributed by atoms with E-state index in [4.69, 9.17) is 27.9 Å². The minimum absolute atomic E-state index is 0.0309. The Balaban J connectivity index is 2.34. The maximum absolute atomic E-state index is 12.7. The number of ether oxygens (including phenoxy) is 1. The minimum atomic E-state index is -3.80. The van der Waals surface area contributed by atoms with Crippen molar-refractivity contribution in [1.29, 1.82) is 0 Å². The Morgan fingerprint density at radius 3 is 2.22 bits per heavy atom. The Kier molecular flexibility index (Phi) is 5.45. The van der Waals surface area contributed by atoms with E-state index in [1.54, 1.807) is 30.3 Å². The Bertz CT molecular complexity index is 789. The normalized spacial score (nSPS) is 11.6. The van der Waals surface area contributed by atoms with Crippen molar-refractivity contribution in [3.8, 4) is 5.75 Å². The maximum atomic E-state index is 12.7. The summed E-state index contributed by atoms with van der Waals surface area (Å²) in [5.41, 5.74) is 0.497. The lowest BCUT2D eigenvalue weighted by Gasteiger charge is -2.21. The van der Waals surface area contributed by atoms with Gasteiger partial charge in [0.1, 0.15) is 10.6 Å². The van der Waals surface area contributed by atoms with Crippen molar-refractivity contribution < 1.29 is 13.2 Å². The molecule has 0 aliphatic carbocycles. The average molecular weight is 374 g/mol. The Morgan fingerprint density at radius 1 is 1.04 bits per heavy atom. The summed E-state index contributed by atoms with van der Waals surface area (Å²) in [5.74, 6) is 0.676. The molecule has 0 unspecified atom stereocenters. The second-order valence-electron chi connectivity index (χ2n) is 5.21. The average Bonchev–Trinajstić information content (AvgIpc) is 2.49. The van der Waals surface area contributed by atoms with Gasteiger partial charge in [0.2, 0.25) is 0 Å². The molecular formula is C16H17Cl2NO3S. The molecule has 0 atom stereocenters. The lowest BCUT2D eigenvalue weighted by molar-refractivity contribution is 0.242. The van der Waals surface area contributed by atoms with Gasteiger partial charge in [-0.15, -0.1) is 0 Å². The van der Waals surface area contributed by atoms with Crippen LogP contribution in [0.1, 0.15) is 13.8 Å². The first kappa shape index (κ1) is 17.9. The number of hydrogen-bond donors (Lipinski definition) is 0. The zero-order valence-electron chi connectivity index (χ0n) is 13.0. The fourth-order valence-electron chi connectivity index (χ4n) is 1.97. The Morgan fingerprint density at radius 2 is 1.65 bits per heavy atom. The van der Waals surface area contributed by atoms with Crippen molar-refractivity contribution in [3.63, 3.8) is 0 Å². The number of anilines is 1. The van der Waals surface area contributed by atoms with Crippen molar-refractivity contribution in [2.75, 3.05) is 11.4 Å². The molecule has 0 radical (unpaired) electrons. The highest BCUT2D eigenvalue weighted by Gasteiger charge is 2.24. The number of halogens is 2. The predicted octanol–water partition coefficient (Wildman–Crippen LogP) is 4.61. The molecule has 124 valence electrons. The third-order valence-corrected chi connectivity index (χ3v) is 5.61. The van der Waals surface area contributed by atoms with Gasteiger partial charge in [0.15, 0.2) is 0 Å². The molecule has 0 bridgehead atoms. The molecule has 0 fully saturated rings. The van der Waals surface area contributed by atoms with Crippen LogP contribution in [0, 0.1) is 0 Å². The number of nitrogens with zero attached hydrogens (tertiary/aromatic N) is 1. The van der Waals surface area contributed by atoms with Gasteiger partial charge in [-0.2, -0.15) is 0 Å². The molecule has 0 saturated heterocycles. The highest BCUT2D eigenvalue weighted by Crippen LogP contribution is 2.30. The molecule has 0 spiro atoms. The third kappa shape index (κ3) is 4.10. The van der Waals surface area contributed by atoms with Crippen molar-refractivity contribution >= 4 is 38.9 Å². The minimum Gasteiger partial charge on any atom is -0.491 e. The summed E-state index contributed by atoms with van der Waals surface area (Å²) in [6.07, 6.45) is 0.0487. The second-order valence-corrected chi connectivity index (χ2v) is 7.99. The van der Waals surface area contributed by atoms with Crippen LogP contribution in [-0.4, -0.2) is 21.6 Å². The van der Waals surface area contributed by atoms with Crippen LogP contribution >= 0.6 is 23.2 Å². The van der Waals surface area contributed by atoms with Crippen LogP contribution in [0.4, 0.5) is 5.69 Å². The summed E-state index contributed by atoms with van der Waals surface area (Å²) >= 11 is 11.9. The van der Waals surface area contributed by atoms with Gasteiger partial charge in [-0.05, 0) is 56.3 Å². The molecule has 4 nitrogen and oxygen atoms in total. The van der Waals surface area contributed by atoms with E-state index in [2.05, 4.69) is 0 Å². The first-order valence-corrected chi connectivity index (χ1v) is 9.12. The standard InChI is InChI=1S/C16H17Cl2NO3S/c1-11(2)22-14-7-5-13(6-8-14)19(3)23(20,21)16-10-12(17)4-9-15(16)18/h4-11H,1-3H3. The second kappa shape index (κ2) is 6.99. The zero-order chi connectivity index (χ0) is 17.2. The molecule has 0 amide bonds. The molecular weight excluding hydrogens is 357 g/mol. The third-order valence-electron chi connectivity index (χ3n) is 3.10. The van der Waals surface area contributed by atoms with Crippen LogP contribution in [0.15, 0.2) is 47.4 Å². The monoisotopic (exact) mass is 373 g/mol. The van der Waals surface area contributed by atoms with Crippen LogP contribution in [0.3, 0.4) is 0 Å². The fraction of sp³-hybridized carbons (Fsp3) is 0.250. The van der Waals surface area contributed by atoms with Gasteiger partial charge in [0.25, 0.3) is 10.0 Å². The summed E-state index contributed by atoms with van der Waals surface area (Å²) < 4.78 is 32.1. The van der Waals surface area contributed by atoms with E-state index in [0.29, 0.717) is 16.5 Å². The van der Waals surface area contributed by atoms with Crippen molar-refractivity contribution in [1.82, 2.24) is 0 Å². The molecule has 2 aromatic rings. The summed E-state index contributed by atoms with van der Waals surface area (Å²) in [6, 6.07) is 11.1. The van der Waals surface area contributed by atoms with Gasteiger partial charge in [-0.25, -0.2) is 8.42 Å². The molecule has 0 heterocycles. The smallest absolute Gasteiger partial charge is 0.265 e. The van der Waals surface area contributed by atoms with Crippen molar-refractivity contribution in [3.05, 3.63) is 52.5 Å². The molecule has 0 aliphatic heterocycles. The predicted molar refractivity (Wildman–Crippen MR) is 94.3 cm³/mol. The first-order chi connectivity index (χ1) is 10.7. The first-order valence-electron chi connectivity index (χ1n) is 6.92. The lowest BCUT2D eigenvalue weighted by atomic mass is 10.3. The van der Waals surface area contributed by atoms with Gasteiger partial charge in [0, 0.05) is 12.1 Å². The fourth-order valence-corrected chi connectivity index (χ4v) is 3.90. The molecule has 2 aromatic carbocycles. The number of benzene rings is 2. The number of sulfonamides is 1. The molecule has 0 saturated carbocycles. The van der Waals surface area contributed by atoms with E-state index >= 15 is 0 Å². The summed E-state index contributed by atoms with van der Waals surface area (Å²) in [4.78, 5) is -0.0309. The van der Waals surface area contributed by atoms with Crippen LogP contribution < -0.4 is 9.04 Å². The Labute approximate surface area is 146 Å².